The van der Waals surface area contributed by atoms with E-state index in [4.69, 9.17) is 17.3 Å². The average molecular weight is 462 g/mol. The minimum Gasteiger partial charge on any atom is -0.395 e. The van der Waals surface area contributed by atoms with Crippen LogP contribution in [0, 0.1) is 4.91 Å². The Hall–Kier alpha value is -2.84. The van der Waals surface area contributed by atoms with Crippen molar-refractivity contribution in [3.8, 4) is 0 Å². The van der Waals surface area contributed by atoms with Crippen molar-refractivity contribution in [3.05, 3.63) is 63.4 Å². The van der Waals surface area contributed by atoms with Crippen molar-refractivity contribution in [3.63, 3.8) is 0 Å². The average Bonchev–Trinajstić information content (AvgIpc) is 2.84. The third-order valence-electron chi connectivity index (χ3n) is 4.82. The second-order valence-electron chi connectivity index (χ2n) is 6.81. The maximum absolute atomic E-state index is 12.7. The summed E-state index contributed by atoms with van der Waals surface area (Å²) in [5.41, 5.74) is 6.35. The fraction of sp³-hybridized carbons (Fsp3) is 0.435. The molecule has 2 aromatic rings. The van der Waals surface area contributed by atoms with Gasteiger partial charge in [0, 0.05) is 27.8 Å². The number of nitrogens with two attached hydrogens (primary N) is 1. The van der Waals surface area contributed by atoms with E-state index in [-0.39, 0.29) is 30.7 Å². The predicted molar refractivity (Wildman–Crippen MR) is 132 cm³/mol. The van der Waals surface area contributed by atoms with E-state index in [2.05, 4.69) is 28.3 Å². The lowest BCUT2D eigenvalue weighted by molar-refractivity contribution is 0.276. The summed E-state index contributed by atoms with van der Waals surface area (Å²) in [7, 11) is 0. The summed E-state index contributed by atoms with van der Waals surface area (Å²) in [5.74, 6) is 0.0509. The largest absolute Gasteiger partial charge is 0.395 e. The fourth-order valence-electron chi connectivity index (χ4n) is 3.31. The summed E-state index contributed by atoms with van der Waals surface area (Å²) in [6.07, 6.45) is 10.2. The molecule has 2 aromatic heterocycles. The minimum atomic E-state index is -0.352. The molecule has 9 heteroatoms. The molecule has 0 spiro atoms. The van der Waals surface area contributed by atoms with Crippen LogP contribution in [0.15, 0.2) is 52.6 Å². The van der Waals surface area contributed by atoms with Crippen molar-refractivity contribution in [2.75, 3.05) is 12.3 Å². The molecule has 0 radical (unpaired) electrons. The Bertz CT molecular complexity index is 1010. The number of allylic oxidation sites excluding steroid dienone is 4. The molecule has 0 aromatic carbocycles. The molecule has 0 amide bonds. The Kier molecular flexibility index (Phi) is 12.1. The molecule has 1 aliphatic rings. The van der Waals surface area contributed by atoms with Crippen LogP contribution in [0.2, 0.25) is 0 Å². The zero-order valence-corrected chi connectivity index (χ0v) is 19.5. The predicted octanol–water partition coefficient (Wildman–Crippen LogP) is 4.80. The van der Waals surface area contributed by atoms with Crippen LogP contribution >= 0.6 is 11.6 Å². The van der Waals surface area contributed by atoms with Crippen molar-refractivity contribution in [2.24, 2.45) is 5.18 Å². The lowest BCUT2D eigenvalue weighted by Gasteiger charge is -2.13. The van der Waals surface area contributed by atoms with Gasteiger partial charge in [0.15, 0.2) is 0 Å². The molecule has 2 heterocycles. The van der Waals surface area contributed by atoms with Crippen molar-refractivity contribution in [1.29, 1.82) is 0 Å². The van der Waals surface area contributed by atoms with Gasteiger partial charge in [-0.15, -0.1) is 0 Å². The van der Waals surface area contributed by atoms with Crippen LogP contribution in [0.1, 0.15) is 51.5 Å². The molecule has 0 saturated heterocycles. The molecule has 0 unspecified atom stereocenters. The van der Waals surface area contributed by atoms with Gasteiger partial charge in [0.25, 0.3) is 5.56 Å². The van der Waals surface area contributed by atoms with Crippen LogP contribution in [-0.4, -0.2) is 32.3 Å². The first-order chi connectivity index (χ1) is 15.5. The first kappa shape index (κ1) is 27.2. The number of rotatable bonds is 6. The molecule has 3 N–H and O–H groups in total. The van der Waals surface area contributed by atoms with Gasteiger partial charge >= 0.3 is 0 Å². The highest BCUT2D eigenvalue weighted by Crippen LogP contribution is 2.23. The second-order valence-corrected chi connectivity index (χ2v) is 7.22. The molecule has 1 fully saturated rings. The van der Waals surface area contributed by atoms with Crippen LogP contribution in [0.25, 0.3) is 16.6 Å². The monoisotopic (exact) mass is 461 g/mol. The SMILES string of the molecule is C=C/C(Cl)=C(\C=C)c1cc2cnc(N)nc2n(CCO)c1=O.CC.O=NC1CCCCC1. The Labute approximate surface area is 193 Å². The highest BCUT2D eigenvalue weighted by molar-refractivity contribution is 6.34. The number of halogens is 1. The maximum atomic E-state index is 12.7. The smallest absolute Gasteiger partial charge is 0.260 e. The molecule has 0 bridgehead atoms. The number of hydrogen-bond donors (Lipinski definition) is 2. The number of anilines is 1. The number of fused-ring (bicyclic) bond motifs is 1. The highest BCUT2D eigenvalue weighted by atomic mass is 35.5. The number of aromatic nitrogens is 3. The van der Waals surface area contributed by atoms with Crippen molar-refractivity contribution in [2.45, 2.75) is 58.5 Å². The van der Waals surface area contributed by atoms with Gasteiger partial charge < -0.3 is 10.8 Å². The first-order valence-corrected chi connectivity index (χ1v) is 11.1. The lowest BCUT2D eigenvalue weighted by Crippen LogP contribution is -2.26. The van der Waals surface area contributed by atoms with Gasteiger partial charge in [-0.3, -0.25) is 9.36 Å². The minimum absolute atomic E-state index is 0.0509. The Morgan fingerprint density at radius 2 is 1.97 bits per heavy atom. The van der Waals surface area contributed by atoms with Crippen molar-refractivity contribution < 1.29 is 5.11 Å². The number of aliphatic hydroxyl groups is 1. The molecule has 0 atom stereocenters. The maximum Gasteiger partial charge on any atom is 0.260 e. The van der Waals surface area contributed by atoms with Crippen molar-refractivity contribution >= 4 is 34.2 Å². The molecule has 3 rings (SSSR count). The number of nitrogen functional groups attached to an aromatic ring is 1. The molecule has 0 aliphatic heterocycles. The van der Waals surface area contributed by atoms with Gasteiger partial charge in [0.05, 0.1) is 19.2 Å². The molecular weight excluding hydrogens is 430 g/mol. The van der Waals surface area contributed by atoms with Crippen LogP contribution in [-0.2, 0) is 6.54 Å². The zero-order chi connectivity index (χ0) is 24.1. The van der Waals surface area contributed by atoms with Gasteiger partial charge in [0.1, 0.15) is 5.65 Å². The van der Waals surface area contributed by atoms with Gasteiger partial charge in [-0.05, 0) is 18.9 Å². The summed E-state index contributed by atoms with van der Waals surface area (Å²) < 4.78 is 1.33. The standard InChI is InChI=1S/C15H15ClN4O2.C6H11NO.C2H6/c1-3-10(12(16)4-2)11-7-9-8-18-15(17)19-13(9)20(5-6-21)14(11)22;8-7-6-4-2-1-3-5-6;1-2/h3-4,7-8,21H,1-2,5-6H2,(H2,17,18,19);6H,1-5H2;1-2H3/b12-10-;;. The topological polar surface area (TPSA) is 123 Å². The van der Waals surface area contributed by atoms with Gasteiger partial charge in [-0.25, -0.2) is 4.98 Å². The van der Waals surface area contributed by atoms with E-state index in [9.17, 15) is 14.8 Å². The third-order valence-corrected chi connectivity index (χ3v) is 5.18. The zero-order valence-electron chi connectivity index (χ0n) is 18.8. The van der Waals surface area contributed by atoms with E-state index in [0.717, 1.165) is 12.8 Å². The van der Waals surface area contributed by atoms with E-state index >= 15 is 0 Å². The molecule has 1 aliphatic carbocycles. The molecule has 174 valence electrons. The summed E-state index contributed by atoms with van der Waals surface area (Å²) in [4.78, 5) is 30.6. The summed E-state index contributed by atoms with van der Waals surface area (Å²) in [6, 6.07) is 1.78. The van der Waals surface area contributed by atoms with E-state index in [1.54, 1.807) is 6.07 Å². The molecular formula is C23H32ClN5O3. The number of hydrogen-bond acceptors (Lipinski definition) is 7. The van der Waals surface area contributed by atoms with Crippen LogP contribution < -0.4 is 11.3 Å². The van der Waals surface area contributed by atoms with Gasteiger partial charge in [-0.1, -0.05) is 75.2 Å². The normalized spacial score (nSPS) is 14.2. The first-order valence-electron chi connectivity index (χ1n) is 10.7. The van der Waals surface area contributed by atoms with Gasteiger partial charge in [0.2, 0.25) is 5.95 Å². The summed E-state index contributed by atoms with van der Waals surface area (Å²) in [6.45, 7) is 11.1. The van der Waals surface area contributed by atoms with Gasteiger partial charge in [-0.2, -0.15) is 9.89 Å². The molecule has 8 nitrogen and oxygen atoms in total. The number of aliphatic hydroxyl groups excluding tert-OH is 1. The van der Waals surface area contributed by atoms with Crippen LogP contribution in [0.4, 0.5) is 5.95 Å². The number of pyridine rings is 1. The summed E-state index contributed by atoms with van der Waals surface area (Å²) in [5, 5.41) is 13.1. The van der Waals surface area contributed by atoms with E-state index < -0.39 is 0 Å². The fourth-order valence-corrected chi connectivity index (χ4v) is 3.48. The number of nitroso groups, excluding NO2 is 1. The third kappa shape index (κ3) is 7.10. The van der Waals surface area contributed by atoms with E-state index in [1.807, 2.05) is 13.8 Å². The van der Waals surface area contributed by atoms with E-state index in [1.165, 1.54) is 42.2 Å². The molecule has 32 heavy (non-hydrogen) atoms. The summed E-state index contributed by atoms with van der Waals surface area (Å²) >= 11 is 6.09. The van der Waals surface area contributed by atoms with Crippen molar-refractivity contribution in [1.82, 2.24) is 14.5 Å². The second kappa shape index (κ2) is 14.3. The van der Waals surface area contributed by atoms with E-state index in [0.29, 0.717) is 27.2 Å². The van der Waals surface area contributed by atoms with Crippen LogP contribution in [0.5, 0.6) is 0 Å². The Morgan fingerprint density at radius 3 is 2.47 bits per heavy atom. The quantitative estimate of drug-likeness (QED) is 0.470. The highest BCUT2D eigenvalue weighted by Gasteiger charge is 2.15. The Balaban J connectivity index is 0.000000427. The lowest BCUT2D eigenvalue weighted by atomic mass is 9.96. The molecule has 1 saturated carbocycles. The Morgan fingerprint density at radius 1 is 1.31 bits per heavy atom. The van der Waals surface area contributed by atoms with Crippen LogP contribution in [0.3, 0.4) is 0 Å². The number of nitrogens with zero attached hydrogens (tertiary/aromatic N) is 4.